The minimum absolute atomic E-state index is 0.190. The number of carbonyl (C=O) groups is 1. The highest BCUT2D eigenvalue weighted by molar-refractivity contribution is 7.99. The van der Waals surface area contributed by atoms with Crippen LogP contribution in [0.3, 0.4) is 0 Å². The molecule has 21 heavy (non-hydrogen) atoms. The molecule has 116 valence electrons. The molecule has 3 nitrogen and oxygen atoms in total. The molecule has 0 unspecified atom stereocenters. The number of thioether (sulfide) groups is 1. The highest BCUT2D eigenvalue weighted by Gasteiger charge is 2.38. The summed E-state index contributed by atoms with van der Waals surface area (Å²) in [7, 11) is 0. The number of anilines is 1. The molecule has 0 aromatic heterocycles. The molecule has 2 rings (SSSR count). The Balaban J connectivity index is 2.15. The van der Waals surface area contributed by atoms with Gasteiger partial charge in [-0.2, -0.15) is 0 Å². The summed E-state index contributed by atoms with van der Waals surface area (Å²) in [4.78, 5) is 14.0. The van der Waals surface area contributed by atoms with Crippen LogP contribution in [0.1, 0.15) is 39.5 Å². The Hall–Kier alpha value is -1.00. The highest BCUT2D eigenvalue weighted by Crippen LogP contribution is 2.36. The summed E-state index contributed by atoms with van der Waals surface area (Å²) in [5.41, 5.74) is 0.771. The maximum Gasteiger partial charge on any atom is 0.230 e. The Morgan fingerprint density at radius 1 is 1.29 bits per heavy atom. The number of nitrogens with one attached hydrogen (secondary N) is 2. The summed E-state index contributed by atoms with van der Waals surface area (Å²) in [5, 5.41) is 6.57. The topological polar surface area (TPSA) is 41.1 Å². The van der Waals surface area contributed by atoms with E-state index in [0.29, 0.717) is 0 Å². The number of piperidine rings is 1. The molecule has 0 saturated carbocycles. The average Bonchev–Trinajstić information content (AvgIpc) is 2.50. The summed E-state index contributed by atoms with van der Waals surface area (Å²) < 4.78 is 0. The van der Waals surface area contributed by atoms with E-state index in [4.69, 9.17) is 0 Å². The minimum Gasteiger partial charge on any atom is -0.325 e. The Labute approximate surface area is 132 Å². The molecular weight excluding hydrogens is 280 g/mol. The van der Waals surface area contributed by atoms with Crippen molar-refractivity contribution in [3.05, 3.63) is 24.3 Å². The molecule has 4 heteroatoms. The molecule has 0 spiro atoms. The standard InChI is InChI=1S/C17H26N2OS/c1-3-9-17(10-12-18-13-11-17)16(20)19-14-7-5-6-8-15(14)21-4-2/h5-8,18H,3-4,9-13H2,1-2H3,(H,19,20). The normalized spacial score (nSPS) is 17.4. The smallest absolute Gasteiger partial charge is 0.230 e. The van der Waals surface area contributed by atoms with E-state index < -0.39 is 0 Å². The quantitative estimate of drug-likeness (QED) is 0.783. The van der Waals surface area contributed by atoms with Crippen molar-refractivity contribution in [3.63, 3.8) is 0 Å². The molecule has 0 aliphatic carbocycles. The zero-order chi connectivity index (χ0) is 15.1. The van der Waals surface area contributed by atoms with Crippen molar-refractivity contribution in [3.8, 4) is 0 Å². The zero-order valence-electron chi connectivity index (χ0n) is 13.1. The lowest BCUT2D eigenvalue weighted by Crippen LogP contribution is -2.44. The summed E-state index contributed by atoms with van der Waals surface area (Å²) in [6.07, 6.45) is 3.91. The van der Waals surface area contributed by atoms with E-state index in [2.05, 4.69) is 30.5 Å². The molecule has 1 aromatic rings. The van der Waals surface area contributed by atoms with E-state index in [9.17, 15) is 4.79 Å². The molecule has 1 saturated heterocycles. The second-order valence-electron chi connectivity index (χ2n) is 5.66. The van der Waals surface area contributed by atoms with E-state index in [1.165, 1.54) is 0 Å². The van der Waals surface area contributed by atoms with Crippen molar-refractivity contribution in [2.75, 3.05) is 24.2 Å². The van der Waals surface area contributed by atoms with Gasteiger partial charge in [0.15, 0.2) is 0 Å². The summed E-state index contributed by atoms with van der Waals surface area (Å²) >= 11 is 1.78. The number of rotatable bonds is 6. The summed E-state index contributed by atoms with van der Waals surface area (Å²) in [6, 6.07) is 8.11. The van der Waals surface area contributed by atoms with Gasteiger partial charge in [-0.25, -0.2) is 0 Å². The lowest BCUT2D eigenvalue weighted by atomic mass is 9.74. The van der Waals surface area contributed by atoms with Crippen molar-refractivity contribution in [1.82, 2.24) is 5.32 Å². The number of hydrogen-bond donors (Lipinski definition) is 2. The van der Waals surface area contributed by atoms with E-state index in [1.54, 1.807) is 11.8 Å². The summed E-state index contributed by atoms with van der Waals surface area (Å²) in [6.45, 7) is 6.18. The van der Waals surface area contributed by atoms with Crippen LogP contribution in [0.5, 0.6) is 0 Å². The number of hydrogen-bond acceptors (Lipinski definition) is 3. The monoisotopic (exact) mass is 306 g/mol. The van der Waals surface area contributed by atoms with Crippen LogP contribution in [0.2, 0.25) is 0 Å². The van der Waals surface area contributed by atoms with Crippen molar-refractivity contribution in [1.29, 1.82) is 0 Å². The fraction of sp³-hybridized carbons (Fsp3) is 0.588. The fourth-order valence-corrected chi connectivity index (χ4v) is 3.84. The molecule has 0 atom stereocenters. The number of amides is 1. The molecule has 1 fully saturated rings. The molecule has 1 amide bonds. The average molecular weight is 306 g/mol. The summed E-state index contributed by atoms with van der Waals surface area (Å²) in [5.74, 6) is 1.21. The first-order chi connectivity index (χ1) is 10.2. The first kappa shape index (κ1) is 16.4. The van der Waals surface area contributed by atoms with Crippen molar-refractivity contribution >= 4 is 23.4 Å². The van der Waals surface area contributed by atoms with Gasteiger partial charge in [-0.15, -0.1) is 11.8 Å². The van der Waals surface area contributed by atoms with Crippen LogP contribution in [0.25, 0.3) is 0 Å². The van der Waals surface area contributed by atoms with Crippen LogP contribution in [0, 0.1) is 5.41 Å². The molecule has 0 bridgehead atoms. The van der Waals surface area contributed by atoms with Crippen LogP contribution in [-0.4, -0.2) is 24.7 Å². The van der Waals surface area contributed by atoms with Crippen molar-refractivity contribution in [2.45, 2.75) is 44.4 Å². The molecule has 1 aromatic carbocycles. The number of benzene rings is 1. The zero-order valence-corrected chi connectivity index (χ0v) is 13.9. The first-order valence-electron chi connectivity index (χ1n) is 7.96. The van der Waals surface area contributed by atoms with E-state index in [1.807, 2.05) is 18.2 Å². The van der Waals surface area contributed by atoms with Gasteiger partial charge in [0, 0.05) is 4.90 Å². The number of para-hydroxylation sites is 1. The van der Waals surface area contributed by atoms with E-state index >= 15 is 0 Å². The Morgan fingerprint density at radius 2 is 2.00 bits per heavy atom. The van der Waals surface area contributed by atoms with Gasteiger partial charge in [-0.1, -0.05) is 32.4 Å². The van der Waals surface area contributed by atoms with Gasteiger partial charge >= 0.3 is 0 Å². The minimum atomic E-state index is -0.190. The molecule has 2 N–H and O–H groups in total. The van der Waals surface area contributed by atoms with Gasteiger partial charge in [0.2, 0.25) is 5.91 Å². The van der Waals surface area contributed by atoms with Crippen LogP contribution in [-0.2, 0) is 4.79 Å². The lowest BCUT2D eigenvalue weighted by molar-refractivity contribution is -0.127. The molecule has 1 aliphatic rings. The SMILES string of the molecule is CCCC1(C(=O)Nc2ccccc2SCC)CCNCC1. The van der Waals surface area contributed by atoms with Gasteiger partial charge in [0.25, 0.3) is 0 Å². The van der Waals surface area contributed by atoms with Gasteiger partial charge in [-0.3, -0.25) is 4.79 Å². The van der Waals surface area contributed by atoms with Gasteiger partial charge in [0.1, 0.15) is 0 Å². The van der Waals surface area contributed by atoms with E-state index in [-0.39, 0.29) is 11.3 Å². The Morgan fingerprint density at radius 3 is 2.67 bits per heavy atom. The predicted octanol–water partition coefficient (Wildman–Crippen LogP) is 3.91. The Kier molecular flexibility index (Phi) is 6.12. The Bertz CT molecular complexity index is 464. The third-order valence-electron chi connectivity index (χ3n) is 4.21. The maximum absolute atomic E-state index is 12.9. The number of carbonyl (C=O) groups excluding carboxylic acids is 1. The van der Waals surface area contributed by atoms with E-state index in [0.717, 1.165) is 55.1 Å². The van der Waals surface area contributed by atoms with Crippen LogP contribution >= 0.6 is 11.8 Å². The van der Waals surface area contributed by atoms with Crippen LogP contribution in [0.4, 0.5) is 5.69 Å². The van der Waals surface area contributed by atoms with Crippen LogP contribution < -0.4 is 10.6 Å². The second kappa shape index (κ2) is 7.85. The van der Waals surface area contributed by atoms with Crippen molar-refractivity contribution < 1.29 is 4.79 Å². The van der Waals surface area contributed by atoms with Crippen LogP contribution in [0.15, 0.2) is 29.2 Å². The van der Waals surface area contributed by atoms with Crippen molar-refractivity contribution in [2.24, 2.45) is 5.41 Å². The lowest BCUT2D eigenvalue weighted by Gasteiger charge is -2.36. The third-order valence-corrected chi connectivity index (χ3v) is 5.16. The third kappa shape index (κ3) is 4.01. The van der Waals surface area contributed by atoms with Gasteiger partial charge in [-0.05, 0) is 50.2 Å². The van der Waals surface area contributed by atoms with Gasteiger partial charge < -0.3 is 10.6 Å². The predicted molar refractivity (Wildman–Crippen MR) is 90.9 cm³/mol. The molecular formula is C17H26N2OS. The molecule has 0 radical (unpaired) electrons. The van der Waals surface area contributed by atoms with Gasteiger partial charge in [0.05, 0.1) is 11.1 Å². The highest BCUT2D eigenvalue weighted by atomic mass is 32.2. The largest absolute Gasteiger partial charge is 0.325 e. The fourth-order valence-electron chi connectivity index (χ4n) is 3.08. The maximum atomic E-state index is 12.9. The molecule has 1 aliphatic heterocycles. The molecule has 1 heterocycles. The first-order valence-corrected chi connectivity index (χ1v) is 8.94. The second-order valence-corrected chi connectivity index (χ2v) is 6.97.